The lowest BCUT2D eigenvalue weighted by Gasteiger charge is -2.04. The molecule has 3 nitrogen and oxygen atoms in total. The Morgan fingerprint density at radius 3 is 2.75 bits per heavy atom. The Labute approximate surface area is 96.0 Å². The van der Waals surface area contributed by atoms with Crippen LogP contribution in [0.2, 0.25) is 0 Å². The summed E-state index contributed by atoms with van der Waals surface area (Å²) >= 11 is 0. The Balaban J connectivity index is 1.60. The molecule has 0 amide bonds. The first-order valence-corrected chi connectivity index (χ1v) is 5.65. The second-order valence-electron chi connectivity index (χ2n) is 4.40. The van der Waals surface area contributed by atoms with Crippen LogP contribution in [-0.2, 0) is 16.1 Å². The Morgan fingerprint density at radius 2 is 2.12 bits per heavy atom. The van der Waals surface area contributed by atoms with Gasteiger partial charge >= 0.3 is 0 Å². The predicted octanol–water partition coefficient (Wildman–Crippen LogP) is 1.74. The summed E-state index contributed by atoms with van der Waals surface area (Å²) in [6, 6.07) is 10.1. The van der Waals surface area contributed by atoms with E-state index < -0.39 is 0 Å². The highest BCUT2D eigenvalue weighted by molar-refractivity contribution is 5.13. The van der Waals surface area contributed by atoms with Crippen molar-refractivity contribution in [3.63, 3.8) is 0 Å². The molecule has 1 aliphatic rings. The highest BCUT2D eigenvalue weighted by Gasteiger charge is 2.51. The highest BCUT2D eigenvalue weighted by Crippen LogP contribution is 2.37. The van der Waals surface area contributed by atoms with Gasteiger partial charge < -0.3 is 14.6 Å². The third-order valence-electron chi connectivity index (χ3n) is 2.99. The van der Waals surface area contributed by atoms with Gasteiger partial charge in [0.1, 0.15) is 5.60 Å². The summed E-state index contributed by atoms with van der Waals surface area (Å²) in [5, 5.41) is 9.00. The van der Waals surface area contributed by atoms with Crippen molar-refractivity contribution in [2.24, 2.45) is 0 Å². The van der Waals surface area contributed by atoms with E-state index in [4.69, 9.17) is 14.6 Å². The predicted molar refractivity (Wildman–Crippen MR) is 61.1 cm³/mol. The van der Waals surface area contributed by atoms with Gasteiger partial charge in [-0.2, -0.15) is 0 Å². The van der Waals surface area contributed by atoms with Crippen molar-refractivity contribution in [3.8, 4) is 0 Å². The van der Waals surface area contributed by atoms with E-state index in [2.05, 4.69) is 0 Å². The van der Waals surface area contributed by atoms with Crippen molar-refractivity contribution >= 4 is 0 Å². The smallest absolute Gasteiger partial charge is 0.115 e. The Hall–Kier alpha value is -0.900. The summed E-state index contributed by atoms with van der Waals surface area (Å²) < 4.78 is 10.9. The fourth-order valence-electron chi connectivity index (χ4n) is 1.75. The number of rotatable bonds is 6. The zero-order valence-electron chi connectivity index (χ0n) is 9.56. The number of hydrogen-bond donors (Lipinski definition) is 1. The van der Waals surface area contributed by atoms with Crippen LogP contribution >= 0.6 is 0 Å². The van der Waals surface area contributed by atoms with Gasteiger partial charge in [0.05, 0.1) is 19.3 Å². The topological polar surface area (TPSA) is 42.0 Å². The van der Waals surface area contributed by atoms with Crippen molar-refractivity contribution in [2.45, 2.75) is 31.7 Å². The van der Waals surface area contributed by atoms with Crippen LogP contribution in [0.25, 0.3) is 0 Å². The Morgan fingerprint density at radius 1 is 1.38 bits per heavy atom. The molecule has 0 spiro atoms. The minimum atomic E-state index is -0.309. The lowest BCUT2D eigenvalue weighted by atomic mass is 10.1. The average Bonchev–Trinajstić information content (AvgIpc) is 2.98. The molecule has 1 aromatic rings. The lowest BCUT2D eigenvalue weighted by Crippen LogP contribution is -2.16. The molecule has 0 bridgehead atoms. The molecular weight excluding hydrogens is 204 g/mol. The van der Waals surface area contributed by atoms with Gasteiger partial charge in [-0.3, -0.25) is 0 Å². The van der Waals surface area contributed by atoms with E-state index in [1.54, 1.807) is 0 Å². The first kappa shape index (κ1) is 11.6. The number of benzene rings is 1. The van der Waals surface area contributed by atoms with Crippen LogP contribution in [0.15, 0.2) is 30.3 Å². The van der Waals surface area contributed by atoms with Crippen LogP contribution in [0.5, 0.6) is 0 Å². The summed E-state index contributed by atoms with van der Waals surface area (Å²) in [5.74, 6) is 0. The van der Waals surface area contributed by atoms with Crippen molar-refractivity contribution in [1.29, 1.82) is 0 Å². The number of aliphatic hydroxyl groups is 1. The third kappa shape index (κ3) is 2.82. The van der Waals surface area contributed by atoms with E-state index >= 15 is 0 Å². The molecule has 0 radical (unpaired) electrons. The first-order chi connectivity index (χ1) is 7.74. The summed E-state index contributed by atoms with van der Waals surface area (Å²) in [7, 11) is 0. The van der Waals surface area contributed by atoms with Gasteiger partial charge in [0.2, 0.25) is 0 Å². The van der Waals surface area contributed by atoms with Crippen LogP contribution < -0.4 is 0 Å². The van der Waals surface area contributed by atoms with Crippen molar-refractivity contribution in [2.75, 3.05) is 13.2 Å². The largest absolute Gasteiger partial charge is 0.393 e. The number of hydrogen-bond acceptors (Lipinski definition) is 3. The van der Waals surface area contributed by atoms with Crippen molar-refractivity contribution in [3.05, 3.63) is 35.9 Å². The summed E-state index contributed by atoms with van der Waals surface area (Å²) in [6.07, 6.45) is 1.01. The minimum Gasteiger partial charge on any atom is -0.393 e. The maximum Gasteiger partial charge on any atom is 0.115 e. The molecule has 1 heterocycles. The van der Waals surface area contributed by atoms with Crippen LogP contribution in [0.3, 0.4) is 0 Å². The van der Waals surface area contributed by atoms with Gasteiger partial charge in [0.15, 0.2) is 0 Å². The van der Waals surface area contributed by atoms with Gasteiger partial charge in [-0.1, -0.05) is 30.3 Å². The second-order valence-corrected chi connectivity index (χ2v) is 4.40. The fourth-order valence-corrected chi connectivity index (χ4v) is 1.75. The van der Waals surface area contributed by atoms with Gasteiger partial charge in [-0.25, -0.2) is 0 Å². The molecule has 1 N–H and O–H groups in total. The van der Waals surface area contributed by atoms with E-state index in [1.807, 2.05) is 37.3 Å². The van der Waals surface area contributed by atoms with Gasteiger partial charge in [0, 0.05) is 6.61 Å². The maximum atomic E-state index is 9.00. The second kappa shape index (κ2) is 4.95. The SMILES string of the molecule is C[C@@]1(CO)O[C@H]1CCOCc1ccccc1. The quantitative estimate of drug-likeness (QED) is 0.589. The van der Waals surface area contributed by atoms with Crippen LogP contribution in [0.1, 0.15) is 18.9 Å². The van der Waals surface area contributed by atoms with Crippen molar-refractivity contribution in [1.82, 2.24) is 0 Å². The normalized spacial score (nSPS) is 28.0. The zero-order valence-corrected chi connectivity index (χ0v) is 9.56. The highest BCUT2D eigenvalue weighted by atomic mass is 16.6. The van der Waals surface area contributed by atoms with E-state index in [9.17, 15) is 0 Å². The first-order valence-electron chi connectivity index (χ1n) is 5.65. The standard InChI is InChI=1S/C13H18O3/c1-13(10-14)12(16-13)7-8-15-9-11-5-3-2-4-6-11/h2-6,12,14H,7-10H2,1H3/t12-,13-/m0/s1. The van der Waals surface area contributed by atoms with Crippen LogP contribution in [0, 0.1) is 0 Å². The molecule has 3 heteroatoms. The maximum absolute atomic E-state index is 9.00. The molecule has 88 valence electrons. The number of ether oxygens (including phenoxy) is 2. The van der Waals surface area contributed by atoms with Crippen molar-refractivity contribution < 1.29 is 14.6 Å². The van der Waals surface area contributed by atoms with Crippen LogP contribution in [-0.4, -0.2) is 30.0 Å². The summed E-state index contributed by atoms with van der Waals surface area (Å²) in [4.78, 5) is 0. The molecule has 16 heavy (non-hydrogen) atoms. The Bertz CT molecular complexity index is 325. The van der Waals surface area contributed by atoms with E-state index in [-0.39, 0.29) is 18.3 Å². The lowest BCUT2D eigenvalue weighted by molar-refractivity contribution is 0.113. The van der Waals surface area contributed by atoms with Crippen LogP contribution in [0.4, 0.5) is 0 Å². The summed E-state index contributed by atoms with van der Waals surface area (Å²) in [5.41, 5.74) is 0.875. The molecule has 0 saturated carbocycles. The molecule has 1 saturated heterocycles. The fraction of sp³-hybridized carbons (Fsp3) is 0.538. The molecule has 1 aromatic carbocycles. The molecule has 0 aromatic heterocycles. The average molecular weight is 222 g/mol. The minimum absolute atomic E-state index is 0.0936. The molecule has 2 rings (SSSR count). The molecule has 1 fully saturated rings. The van der Waals surface area contributed by atoms with E-state index in [1.165, 1.54) is 5.56 Å². The molecule has 0 unspecified atom stereocenters. The number of epoxide rings is 1. The Kier molecular flexibility index (Phi) is 3.59. The molecule has 0 aliphatic carbocycles. The third-order valence-corrected chi connectivity index (χ3v) is 2.99. The molecule has 2 atom stereocenters. The summed E-state index contributed by atoms with van der Waals surface area (Å²) in [6.45, 7) is 3.34. The zero-order chi connectivity index (χ0) is 11.4. The van der Waals surface area contributed by atoms with E-state index in [0.29, 0.717) is 13.2 Å². The number of aliphatic hydroxyl groups excluding tert-OH is 1. The van der Waals surface area contributed by atoms with E-state index in [0.717, 1.165) is 6.42 Å². The van der Waals surface area contributed by atoms with Gasteiger partial charge in [-0.05, 0) is 18.9 Å². The molecule has 1 aliphatic heterocycles. The molecular formula is C13H18O3. The van der Waals surface area contributed by atoms with Gasteiger partial charge in [0.25, 0.3) is 0 Å². The van der Waals surface area contributed by atoms with Gasteiger partial charge in [-0.15, -0.1) is 0 Å². The monoisotopic (exact) mass is 222 g/mol.